The van der Waals surface area contributed by atoms with E-state index in [0.717, 1.165) is 10.4 Å². The molecule has 31 heavy (non-hydrogen) atoms. The van der Waals surface area contributed by atoms with Crippen LogP contribution in [0.4, 0.5) is 5.00 Å². The second kappa shape index (κ2) is 10.4. The molecule has 3 rings (SSSR count). The summed E-state index contributed by atoms with van der Waals surface area (Å²) in [4.78, 5) is 37.7. The van der Waals surface area contributed by atoms with Crippen molar-refractivity contribution in [2.45, 2.75) is 20.0 Å². The predicted octanol–water partition coefficient (Wildman–Crippen LogP) is 4.77. The molecule has 3 aromatic rings. The number of carbonyl (C=O) groups excluding carboxylic acids is 3. The lowest BCUT2D eigenvalue weighted by Gasteiger charge is -2.12. The normalized spacial score (nSPS) is 11.8. The Morgan fingerprint density at radius 1 is 1.16 bits per heavy atom. The maximum atomic E-state index is 12.6. The number of nitrogens with one attached hydrogen (secondary N) is 1. The summed E-state index contributed by atoms with van der Waals surface area (Å²) in [6.07, 6.45) is 3.02. The quantitative estimate of drug-likeness (QED) is 0.401. The first-order valence-electron chi connectivity index (χ1n) is 9.57. The number of anilines is 1. The predicted molar refractivity (Wildman–Crippen MR) is 118 cm³/mol. The lowest BCUT2D eigenvalue weighted by atomic mass is 10.1. The smallest absolute Gasteiger partial charge is 0.341 e. The minimum atomic E-state index is -1.08. The van der Waals surface area contributed by atoms with E-state index in [9.17, 15) is 14.4 Å². The molecule has 0 aliphatic heterocycles. The zero-order chi connectivity index (χ0) is 22.2. The number of rotatable bonds is 8. The van der Waals surface area contributed by atoms with Gasteiger partial charge in [0.25, 0.3) is 5.91 Å². The Hall–Kier alpha value is -3.65. The summed E-state index contributed by atoms with van der Waals surface area (Å²) in [7, 11) is 0. The van der Waals surface area contributed by atoms with E-state index < -0.39 is 23.9 Å². The van der Waals surface area contributed by atoms with E-state index in [1.807, 2.05) is 30.3 Å². The van der Waals surface area contributed by atoms with E-state index in [-0.39, 0.29) is 12.2 Å². The highest BCUT2D eigenvalue weighted by Gasteiger charge is 2.23. The van der Waals surface area contributed by atoms with Crippen LogP contribution in [-0.2, 0) is 19.1 Å². The van der Waals surface area contributed by atoms with Gasteiger partial charge in [-0.2, -0.15) is 0 Å². The van der Waals surface area contributed by atoms with Crippen molar-refractivity contribution in [2.24, 2.45) is 0 Å². The van der Waals surface area contributed by atoms with Crippen LogP contribution < -0.4 is 5.32 Å². The lowest BCUT2D eigenvalue weighted by molar-refractivity contribution is -0.148. The van der Waals surface area contributed by atoms with Crippen LogP contribution in [0, 0.1) is 0 Å². The number of amides is 1. The van der Waals surface area contributed by atoms with Crippen LogP contribution in [0.5, 0.6) is 0 Å². The molecule has 1 N–H and O–H groups in total. The monoisotopic (exact) mass is 439 g/mol. The Morgan fingerprint density at radius 2 is 1.94 bits per heavy atom. The maximum Gasteiger partial charge on any atom is 0.341 e. The summed E-state index contributed by atoms with van der Waals surface area (Å²) >= 11 is 1.24. The number of hydrogen-bond acceptors (Lipinski definition) is 7. The van der Waals surface area contributed by atoms with E-state index in [1.54, 1.807) is 25.1 Å². The molecule has 0 aliphatic carbocycles. The summed E-state index contributed by atoms with van der Waals surface area (Å²) in [5, 5.41) is 3.00. The third-order valence-corrected chi connectivity index (χ3v) is 5.21. The molecular formula is C23H21NO6S. The Labute approximate surface area is 183 Å². The summed E-state index contributed by atoms with van der Waals surface area (Å²) in [5.41, 5.74) is 1.15. The zero-order valence-corrected chi connectivity index (χ0v) is 17.8. The molecule has 0 saturated heterocycles. The Morgan fingerprint density at radius 3 is 2.61 bits per heavy atom. The number of hydrogen-bond donors (Lipinski definition) is 1. The largest absolute Gasteiger partial charge is 0.465 e. The van der Waals surface area contributed by atoms with Crippen LogP contribution >= 0.6 is 11.3 Å². The molecule has 2 aromatic heterocycles. The van der Waals surface area contributed by atoms with Gasteiger partial charge < -0.3 is 19.2 Å². The van der Waals surface area contributed by atoms with Crippen molar-refractivity contribution in [3.8, 4) is 10.4 Å². The maximum absolute atomic E-state index is 12.6. The van der Waals surface area contributed by atoms with Gasteiger partial charge in [0.05, 0.1) is 18.4 Å². The molecule has 1 unspecified atom stereocenters. The average Bonchev–Trinajstić information content (AvgIpc) is 3.43. The highest BCUT2D eigenvalue weighted by Crippen LogP contribution is 2.36. The fourth-order valence-electron chi connectivity index (χ4n) is 2.61. The minimum absolute atomic E-state index is 0.207. The van der Waals surface area contributed by atoms with E-state index in [0.29, 0.717) is 10.8 Å². The van der Waals surface area contributed by atoms with E-state index >= 15 is 0 Å². The van der Waals surface area contributed by atoms with Gasteiger partial charge in [-0.1, -0.05) is 30.3 Å². The topological polar surface area (TPSA) is 94.8 Å². The molecule has 0 bridgehead atoms. The minimum Gasteiger partial charge on any atom is -0.465 e. The zero-order valence-electron chi connectivity index (χ0n) is 17.0. The van der Waals surface area contributed by atoms with Crippen LogP contribution in [-0.4, -0.2) is 30.6 Å². The second-order valence-corrected chi connectivity index (χ2v) is 7.41. The van der Waals surface area contributed by atoms with Crippen molar-refractivity contribution in [3.63, 3.8) is 0 Å². The Kier molecular flexibility index (Phi) is 7.40. The number of thiophene rings is 1. The fraction of sp³-hybridized carbons (Fsp3) is 0.174. The van der Waals surface area contributed by atoms with Gasteiger partial charge in [0.2, 0.25) is 0 Å². The van der Waals surface area contributed by atoms with Crippen LogP contribution in [0.2, 0.25) is 0 Å². The second-order valence-electron chi connectivity index (χ2n) is 6.36. The number of benzene rings is 1. The van der Waals surface area contributed by atoms with Crippen molar-refractivity contribution in [1.82, 2.24) is 0 Å². The number of carbonyl (C=O) groups is 3. The summed E-state index contributed by atoms with van der Waals surface area (Å²) in [6, 6.07) is 14.5. The molecule has 1 amide bonds. The van der Waals surface area contributed by atoms with Gasteiger partial charge in [0.1, 0.15) is 10.8 Å². The van der Waals surface area contributed by atoms with Crippen molar-refractivity contribution < 1.29 is 28.3 Å². The summed E-state index contributed by atoms with van der Waals surface area (Å²) in [5.74, 6) is -1.31. The van der Waals surface area contributed by atoms with Gasteiger partial charge in [-0.3, -0.25) is 4.79 Å². The standard InChI is InChI=1S/C23H21NO6S/c1-3-28-23(27)18-14-19(16-8-5-4-6-9-16)31-22(18)24-21(26)15(2)30-20(25)12-11-17-10-7-13-29-17/h4-15H,3H2,1-2H3,(H,24,26). The van der Waals surface area contributed by atoms with Gasteiger partial charge in [-0.05, 0) is 43.7 Å². The first-order chi connectivity index (χ1) is 15.0. The first kappa shape index (κ1) is 22.0. The van der Waals surface area contributed by atoms with E-state index in [2.05, 4.69) is 5.32 Å². The highest BCUT2D eigenvalue weighted by atomic mass is 32.1. The SMILES string of the molecule is CCOC(=O)c1cc(-c2ccccc2)sc1NC(=O)C(C)OC(=O)C=Cc1ccco1. The van der Waals surface area contributed by atoms with Crippen molar-refractivity contribution in [3.05, 3.63) is 72.2 Å². The van der Waals surface area contributed by atoms with E-state index in [1.165, 1.54) is 36.7 Å². The molecule has 160 valence electrons. The van der Waals surface area contributed by atoms with Gasteiger partial charge in [-0.15, -0.1) is 11.3 Å². The Balaban J connectivity index is 1.72. The average molecular weight is 439 g/mol. The van der Waals surface area contributed by atoms with Crippen LogP contribution in [0.15, 0.2) is 65.3 Å². The molecule has 7 nitrogen and oxygen atoms in total. The molecular weight excluding hydrogens is 418 g/mol. The number of esters is 2. The Bertz CT molecular complexity index is 1070. The first-order valence-corrected chi connectivity index (χ1v) is 10.4. The van der Waals surface area contributed by atoms with Gasteiger partial charge in [0.15, 0.2) is 6.10 Å². The lowest BCUT2D eigenvalue weighted by Crippen LogP contribution is -2.29. The molecule has 1 atom stereocenters. The molecule has 0 radical (unpaired) electrons. The molecule has 0 fully saturated rings. The molecule has 0 aliphatic rings. The molecule has 1 aromatic carbocycles. The molecule has 0 saturated carbocycles. The molecule has 0 spiro atoms. The van der Waals surface area contributed by atoms with Gasteiger partial charge in [0, 0.05) is 11.0 Å². The van der Waals surface area contributed by atoms with E-state index in [4.69, 9.17) is 13.9 Å². The van der Waals surface area contributed by atoms with Gasteiger partial charge >= 0.3 is 11.9 Å². The van der Waals surface area contributed by atoms with Crippen LogP contribution in [0.1, 0.15) is 30.0 Å². The highest BCUT2D eigenvalue weighted by molar-refractivity contribution is 7.20. The molecule has 8 heteroatoms. The fourth-order valence-corrected chi connectivity index (χ4v) is 3.66. The summed E-state index contributed by atoms with van der Waals surface area (Å²) < 4.78 is 15.3. The van der Waals surface area contributed by atoms with Crippen LogP contribution in [0.3, 0.4) is 0 Å². The third-order valence-electron chi connectivity index (χ3n) is 4.11. The van der Waals surface area contributed by atoms with Crippen molar-refractivity contribution in [1.29, 1.82) is 0 Å². The number of furan rings is 1. The number of ether oxygens (including phenoxy) is 2. The summed E-state index contributed by atoms with van der Waals surface area (Å²) in [6.45, 7) is 3.36. The van der Waals surface area contributed by atoms with Crippen LogP contribution in [0.25, 0.3) is 16.5 Å². The third kappa shape index (κ3) is 5.93. The van der Waals surface area contributed by atoms with Crippen molar-refractivity contribution in [2.75, 3.05) is 11.9 Å². The molecule has 2 heterocycles. The van der Waals surface area contributed by atoms with Crippen molar-refractivity contribution >= 4 is 40.3 Å². The van der Waals surface area contributed by atoms with Gasteiger partial charge in [-0.25, -0.2) is 9.59 Å².